The summed E-state index contributed by atoms with van der Waals surface area (Å²) in [5, 5.41) is 3.14. The van der Waals surface area contributed by atoms with Gasteiger partial charge in [0.05, 0.1) is 11.1 Å². The van der Waals surface area contributed by atoms with Gasteiger partial charge in [-0.25, -0.2) is 4.98 Å². The minimum Gasteiger partial charge on any atom is -0.366 e. The smallest absolute Gasteiger partial charge is 0.250 e. The van der Waals surface area contributed by atoms with Gasteiger partial charge in [-0.3, -0.25) is 4.79 Å². The summed E-state index contributed by atoms with van der Waals surface area (Å²) in [6.07, 6.45) is 0. The highest BCUT2D eigenvalue weighted by atomic mass is 16.1. The van der Waals surface area contributed by atoms with Crippen molar-refractivity contribution in [2.45, 2.75) is 0 Å². The number of aromatic amines is 1. The van der Waals surface area contributed by atoms with Gasteiger partial charge in [-0.05, 0) is 24.3 Å². The number of nitrogens with zero attached hydrogens (tertiary/aromatic N) is 1. The molecule has 19 heavy (non-hydrogen) atoms. The molecular formula is C14H12N4O. The molecule has 0 spiro atoms. The lowest BCUT2D eigenvalue weighted by molar-refractivity contribution is 0.100. The fraction of sp³-hybridized carbons (Fsp3) is 0. The maximum atomic E-state index is 11.3. The summed E-state index contributed by atoms with van der Waals surface area (Å²) < 4.78 is 0. The number of hydrogen-bond acceptors (Lipinski definition) is 3. The quantitative estimate of drug-likeness (QED) is 0.669. The van der Waals surface area contributed by atoms with Crippen LogP contribution in [-0.2, 0) is 0 Å². The number of rotatable bonds is 3. The maximum absolute atomic E-state index is 11.3. The van der Waals surface area contributed by atoms with E-state index in [1.165, 1.54) is 0 Å². The summed E-state index contributed by atoms with van der Waals surface area (Å²) in [5.74, 6) is 0.0956. The number of carbonyl (C=O) groups excluding carboxylic acids is 1. The summed E-state index contributed by atoms with van der Waals surface area (Å²) in [7, 11) is 0. The monoisotopic (exact) mass is 252 g/mol. The summed E-state index contributed by atoms with van der Waals surface area (Å²) in [5.41, 5.74) is 8.01. The number of fused-ring (bicyclic) bond motifs is 1. The molecule has 0 bridgehead atoms. The minimum atomic E-state index is -0.483. The van der Waals surface area contributed by atoms with Gasteiger partial charge < -0.3 is 16.0 Å². The van der Waals surface area contributed by atoms with E-state index in [1.807, 2.05) is 36.4 Å². The standard InChI is InChI=1S/C14H12N4O/c15-13(19)10-7-4-8-11-12(10)18-14(17-11)16-9-5-2-1-3-6-9/h1-8H,(H2,15,19)(H2,16,17,18). The lowest BCUT2D eigenvalue weighted by Gasteiger charge is -2.00. The first kappa shape index (κ1) is 11.3. The number of primary amides is 1. The topological polar surface area (TPSA) is 83.8 Å². The predicted molar refractivity (Wildman–Crippen MR) is 74.3 cm³/mol. The van der Waals surface area contributed by atoms with Crippen molar-refractivity contribution in [2.24, 2.45) is 5.73 Å². The van der Waals surface area contributed by atoms with Gasteiger partial charge in [-0.1, -0.05) is 24.3 Å². The molecule has 0 aliphatic rings. The second kappa shape index (κ2) is 4.45. The number of carbonyl (C=O) groups is 1. The van der Waals surface area contributed by atoms with Crippen LogP contribution >= 0.6 is 0 Å². The van der Waals surface area contributed by atoms with Crippen LogP contribution in [0.15, 0.2) is 48.5 Å². The van der Waals surface area contributed by atoms with Gasteiger partial charge in [0, 0.05) is 5.69 Å². The third-order valence-electron chi connectivity index (χ3n) is 2.81. The van der Waals surface area contributed by atoms with Gasteiger partial charge in [0.1, 0.15) is 5.52 Å². The van der Waals surface area contributed by atoms with Crippen LogP contribution in [0.25, 0.3) is 11.0 Å². The van der Waals surface area contributed by atoms with Crippen LogP contribution in [0.4, 0.5) is 11.6 Å². The SMILES string of the molecule is NC(=O)c1cccc2[nH]c(Nc3ccccc3)nc12. The maximum Gasteiger partial charge on any atom is 0.250 e. The van der Waals surface area contributed by atoms with E-state index in [9.17, 15) is 4.79 Å². The molecule has 0 atom stereocenters. The number of hydrogen-bond donors (Lipinski definition) is 3. The van der Waals surface area contributed by atoms with Crippen LogP contribution in [0.2, 0.25) is 0 Å². The zero-order chi connectivity index (χ0) is 13.2. The highest BCUT2D eigenvalue weighted by Gasteiger charge is 2.10. The predicted octanol–water partition coefficient (Wildman–Crippen LogP) is 2.41. The minimum absolute atomic E-state index is 0.412. The van der Waals surface area contributed by atoms with Gasteiger partial charge in [-0.15, -0.1) is 0 Å². The summed E-state index contributed by atoms with van der Waals surface area (Å²) >= 11 is 0. The average molecular weight is 252 g/mol. The van der Waals surface area contributed by atoms with Gasteiger partial charge in [-0.2, -0.15) is 0 Å². The lowest BCUT2D eigenvalue weighted by atomic mass is 10.2. The molecule has 0 radical (unpaired) electrons. The van der Waals surface area contributed by atoms with E-state index in [1.54, 1.807) is 12.1 Å². The van der Waals surface area contributed by atoms with Crippen molar-refractivity contribution in [3.05, 3.63) is 54.1 Å². The van der Waals surface area contributed by atoms with Gasteiger partial charge in [0.25, 0.3) is 5.91 Å². The normalized spacial score (nSPS) is 10.5. The number of aromatic nitrogens is 2. The van der Waals surface area contributed by atoms with Crippen molar-refractivity contribution in [3.63, 3.8) is 0 Å². The zero-order valence-corrected chi connectivity index (χ0v) is 10.1. The Morgan fingerprint density at radius 3 is 2.63 bits per heavy atom. The van der Waals surface area contributed by atoms with Crippen LogP contribution in [0, 0.1) is 0 Å². The fourth-order valence-electron chi connectivity index (χ4n) is 1.95. The van der Waals surface area contributed by atoms with E-state index in [-0.39, 0.29) is 0 Å². The number of para-hydroxylation sites is 2. The molecule has 0 saturated carbocycles. The largest absolute Gasteiger partial charge is 0.366 e. The van der Waals surface area contributed by atoms with E-state index in [2.05, 4.69) is 15.3 Å². The first-order valence-electron chi connectivity index (χ1n) is 5.84. The Morgan fingerprint density at radius 2 is 1.89 bits per heavy atom. The summed E-state index contributed by atoms with van der Waals surface area (Å²) in [4.78, 5) is 18.8. The molecule has 5 heteroatoms. The van der Waals surface area contributed by atoms with Crippen LogP contribution in [0.3, 0.4) is 0 Å². The molecule has 1 amide bonds. The van der Waals surface area contributed by atoms with E-state index in [0.29, 0.717) is 17.0 Å². The number of H-pyrrole nitrogens is 1. The number of nitrogens with two attached hydrogens (primary N) is 1. The summed E-state index contributed by atoms with van der Waals surface area (Å²) in [6, 6.07) is 15.0. The van der Waals surface area contributed by atoms with Crippen molar-refractivity contribution in [1.82, 2.24) is 9.97 Å². The fourth-order valence-corrected chi connectivity index (χ4v) is 1.95. The molecule has 4 N–H and O–H groups in total. The van der Waals surface area contributed by atoms with Crippen LogP contribution in [0.5, 0.6) is 0 Å². The van der Waals surface area contributed by atoms with Crippen molar-refractivity contribution in [3.8, 4) is 0 Å². The van der Waals surface area contributed by atoms with Gasteiger partial charge in [0.2, 0.25) is 5.95 Å². The molecule has 3 aromatic rings. The molecule has 0 fully saturated rings. The van der Waals surface area contributed by atoms with Crippen molar-refractivity contribution >= 4 is 28.6 Å². The van der Waals surface area contributed by atoms with Crippen LogP contribution in [0.1, 0.15) is 10.4 Å². The Balaban J connectivity index is 2.03. The molecule has 0 aliphatic carbocycles. The zero-order valence-electron chi connectivity index (χ0n) is 10.1. The molecule has 94 valence electrons. The van der Waals surface area contributed by atoms with E-state index in [0.717, 1.165) is 11.2 Å². The van der Waals surface area contributed by atoms with E-state index >= 15 is 0 Å². The third kappa shape index (κ3) is 2.13. The van der Waals surface area contributed by atoms with Crippen molar-refractivity contribution in [2.75, 3.05) is 5.32 Å². The molecule has 5 nitrogen and oxygen atoms in total. The van der Waals surface area contributed by atoms with Crippen molar-refractivity contribution < 1.29 is 4.79 Å². The second-order valence-electron chi connectivity index (χ2n) is 4.14. The number of benzene rings is 2. The number of nitrogens with one attached hydrogen (secondary N) is 2. The summed E-state index contributed by atoms with van der Waals surface area (Å²) in [6.45, 7) is 0. The first-order chi connectivity index (χ1) is 9.24. The van der Waals surface area contributed by atoms with Crippen LogP contribution in [-0.4, -0.2) is 15.9 Å². The number of anilines is 2. The third-order valence-corrected chi connectivity index (χ3v) is 2.81. The lowest BCUT2D eigenvalue weighted by Crippen LogP contribution is -2.11. The Hall–Kier alpha value is -2.82. The van der Waals surface area contributed by atoms with Gasteiger partial charge >= 0.3 is 0 Å². The highest BCUT2D eigenvalue weighted by molar-refractivity contribution is 6.04. The molecular weight excluding hydrogens is 240 g/mol. The van der Waals surface area contributed by atoms with E-state index in [4.69, 9.17) is 5.73 Å². The van der Waals surface area contributed by atoms with Crippen molar-refractivity contribution in [1.29, 1.82) is 0 Å². The van der Waals surface area contributed by atoms with E-state index < -0.39 is 5.91 Å². The Kier molecular flexibility index (Phi) is 2.64. The van der Waals surface area contributed by atoms with Gasteiger partial charge in [0.15, 0.2) is 0 Å². The molecule has 0 unspecified atom stereocenters. The molecule has 3 rings (SSSR count). The molecule has 1 heterocycles. The highest BCUT2D eigenvalue weighted by Crippen LogP contribution is 2.20. The Morgan fingerprint density at radius 1 is 1.11 bits per heavy atom. The number of amides is 1. The molecule has 0 aliphatic heterocycles. The molecule has 2 aromatic carbocycles. The first-order valence-corrected chi connectivity index (χ1v) is 5.84. The average Bonchev–Trinajstić information content (AvgIpc) is 2.81. The number of imidazole rings is 1. The molecule has 0 saturated heterocycles. The Bertz CT molecular complexity index is 734. The molecule has 1 aromatic heterocycles. The van der Waals surface area contributed by atoms with Crippen LogP contribution < -0.4 is 11.1 Å². The Labute approximate surface area is 109 Å². The second-order valence-corrected chi connectivity index (χ2v) is 4.14.